The Balaban J connectivity index is 1.42. The number of anilines is 1. The van der Waals surface area contributed by atoms with Gasteiger partial charge in [-0.25, -0.2) is 4.68 Å². The molecule has 7 heteroatoms. The summed E-state index contributed by atoms with van der Waals surface area (Å²) in [6.07, 6.45) is 3.22. The zero-order valence-corrected chi connectivity index (χ0v) is 15.1. The van der Waals surface area contributed by atoms with E-state index in [-0.39, 0.29) is 12.0 Å². The van der Waals surface area contributed by atoms with Crippen LogP contribution in [0.2, 0.25) is 0 Å². The molecule has 0 spiro atoms. The second kappa shape index (κ2) is 8.05. The Kier molecular flexibility index (Phi) is 5.15. The molecule has 1 aliphatic heterocycles. The van der Waals surface area contributed by atoms with Gasteiger partial charge < -0.3 is 15.4 Å². The van der Waals surface area contributed by atoms with Gasteiger partial charge in [0.2, 0.25) is 0 Å². The van der Waals surface area contributed by atoms with Gasteiger partial charge in [0.1, 0.15) is 0 Å². The molecule has 3 aromatic rings. The van der Waals surface area contributed by atoms with Crippen LogP contribution < -0.4 is 10.6 Å². The van der Waals surface area contributed by atoms with E-state index >= 15 is 0 Å². The molecule has 1 aliphatic rings. The summed E-state index contributed by atoms with van der Waals surface area (Å²) < 4.78 is 7.34. The number of benzene rings is 2. The number of ether oxygens (including phenoxy) is 1. The van der Waals surface area contributed by atoms with Gasteiger partial charge in [-0.1, -0.05) is 12.1 Å². The molecule has 1 unspecified atom stereocenters. The number of nitrogens with zero attached hydrogens (tertiary/aromatic N) is 3. The maximum absolute atomic E-state index is 12.5. The van der Waals surface area contributed by atoms with Crippen molar-refractivity contribution in [2.75, 3.05) is 25.0 Å². The zero-order chi connectivity index (χ0) is 19.3. The quantitative estimate of drug-likeness (QED) is 0.734. The fourth-order valence-electron chi connectivity index (χ4n) is 3.03. The van der Waals surface area contributed by atoms with Crippen LogP contribution >= 0.6 is 0 Å². The number of hydrogen-bond donors (Lipinski definition) is 2. The number of rotatable bonds is 4. The van der Waals surface area contributed by atoms with Crippen LogP contribution in [0.1, 0.15) is 27.6 Å². The van der Waals surface area contributed by atoms with Crippen LogP contribution in [-0.4, -0.2) is 35.4 Å². The summed E-state index contributed by atoms with van der Waals surface area (Å²) in [6, 6.07) is 16.7. The van der Waals surface area contributed by atoms with Crippen LogP contribution in [0.15, 0.2) is 60.9 Å². The van der Waals surface area contributed by atoms with E-state index in [4.69, 9.17) is 10.00 Å². The smallest absolute Gasteiger partial charge is 0.258 e. The van der Waals surface area contributed by atoms with Gasteiger partial charge in [0.05, 0.1) is 41.8 Å². The van der Waals surface area contributed by atoms with Crippen LogP contribution in [0.25, 0.3) is 5.69 Å². The van der Waals surface area contributed by atoms with Crippen LogP contribution in [-0.2, 0) is 4.74 Å². The Labute approximate surface area is 162 Å². The monoisotopic (exact) mass is 373 g/mol. The summed E-state index contributed by atoms with van der Waals surface area (Å²) in [6.45, 7) is 2.37. The first kappa shape index (κ1) is 17.9. The average Bonchev–Trinajstić information content (AvgIpc) is 3.25. The average molecular weight is 373 g/mol. The number of hydrogen-bond acceptors (Lipinski definition) is 5. The van der Waals surface area contributed by atoms with E-state index in [1.165, 1.54) is 6.20 Å². The summed E-state index contributed by atoms with van der Waals surface area (Å²) in [7, 11) is 0. The minimum absolute atomic E-state index is 0.0455. The van der Waals surface area contributed by atoms with Crippen LogP contribution in [0, 0.1) is 11.3 Å². The van der Waals surface area contributed by atoms with Gasteiger partial charge >= 0.3 is 0 Å². The third-order valence-electron chi connectivity index (χ3n) is 4.57. The van der Waals surface area contributed by atoms with E-state index in [1.807, 2.05) is 24.3 Å². The van der Waals surface area contributed by atoms with Crippen molar-refractivity contribution in [2.45, 2.75) is 6.10 Å². The maximum Gasteiger partial charge on any atom is 0.258 e. The summed E-state index contributed by atoms with van der Waals surface area (Å²) in [5.74, 6) is -0.233. The molecule has 0 saturated carbocycles. The standard InChI is InChI=1S/C21H19N5O2/c22-11-15-1-7-19(8-2-15)26-14-17(12-24-26)21(27)25-18-5-3-16(4-6-18)20-13-23-9-10-28-20/h1-8,12,14,20,23H,9-10,13H2,(H,25,27). The van der Waals surface area contributed by atoms with Gasteiger partial charge in [-0.2, -0.15) is 10.4 Å². The molecule has 140 valence electrons. The third kappa shape index (κ3) is 3.93. The minimum Gasteiger partial charge on any atom is -0.371 e. The lowest BCUT2D eigenvalue weighted by molar-refractivity contribution is 0.0277. The molecule has 0 radical (unpaired) electrons. The highest BCUT2D eigenvalue weighted by Gasteiger charge is 2.16. The Hall–Kier alpha value is -3.47. The van der Waals surface area contributed by atoms with Crippen LogP contribution in [0.5, 0.6) is 0 Å². The normalized spacial score (nSPS) is 16.3. The molecule has 2 heterocycles. The summed E-state index contributed by atoms with van der Waals surface area (Å²) >= 11 is 0. The lowest BCUT2D eigenvalue weighted by Gasteiger charge is -2.24. The highest BCUT2D eigenvalue weighted by atomic mass is 16.5. The first-order valence-electron chi connectivity index (χ1n) is 9.02. The van der Waals surface area contributed by atoms with Crippen molar-refractivity contribution in [3.63, 3.8) is 0 Å². The predicted octanol–water partition coefficient (Wildman–Crippen LogP) is 2.66. The third-order valence-corrected chi connectivity index (χ3v) is 4.57. The van der Waals surface area contributed by atoms with Crippen LogP contribution in [0.4, 0.5) is 5.69 Å². The highest BCUT2D eigenvalue weighted by Crippen LogP contribution is 2.21. The lowest BCUT2D eigenvalue weighted by atomic mass is 10.1. The lowest BCUT2D eigenvalue weighted by Crippen LogP contribution is -2.33. The van der Waals surface area contributed by atoms with Gasteiger partial charge in [0.15, 0.2) is 0 Å². The molecule has 2 aromatic carbocycles. The molecule has 2 N–H and O–H groups in total. The second-order valence-corrected chi connectivity index (χ2v) is 6.47. The zero-order valence-electron chi connectivity index (χ0n) is 15.1. The molecule has 28 heavy (non-hydrogen) atoms. The molecule has 1 aromatic heterocycles. The van der Waals surface area contributed by atoms with Crippen molar-refractivity contribution in [1.82, 2.24) is 15.1 Å². The Morgan fingerprint density at radius 2 is 2.00 bits per heavy atom. The highest BCUT2D eigenvalue weighted by molar-refractivity contribution is 6.04. The number of nitriles is 1. The van der Waals surface area contributed by atoms with E-state index in [2.05, 4.69) is 21.8 Å². The minimum atomic E-state index is -0.233. The molecule has 7 nitrogen and oxygen atoms in total. The molecule has 0 aliphatic carbocycles. The first-order chi connectivity index (χ1) is 13.7. The number of morpholine rings is 1. The number of nitrogens with one attached hydrogen (secondary N) is 2. The molecular formula is C21H19N5O2. The van der Waals surface area contributed by atoms with Gasteiger partial charge in [-0.15, -0.1) is 0 Å². The van der Waals surface area contributed by atoms with Gasteiger partial charge in [0, 0.05) is 25.0 Å². The van der Waals surface area contributed by atoms with E-state index in [0.717, 1.165) is 24.3 Å². The molecule has 1 atom stereocenters. The molecule has 4 rings (SSSR count). The van der Waals surface area contributed by atoms with Crippen molar-refractivity contribution in [3.8, 4) is 11.8 Å². The van der Waals surface area contributed by atoms with Crippen LogP contribution in [0.3, 0.4) is 0 Å². The van der Waals surface area contributed by atoms with Crippen molar-refractivity contribution in [1.29, 1.82) is 5.26 Å². The molecule has 1 saturated heterocycles. The summed E-state index contributed by atoms with van der Waals surface area (Å²) in [5.41, 5.74) is 3.60. The summed E-state index contributed by atoms with van der Waals surface area (Å²) in [5, 5.41) is 19.3. The Bertz CT molecular complexity index is 997. The molecular weight excluding hydrogens is 354 g/mol. The van der Waals surface area contributed by atoms with E-state index in [1.54, 1.807) is 35.1 Å². The number of aromatic nitrogens is 2. The largest absolute Gasteiger partial charge is 0.371 e. The fraction of sp³-hybridized carbons (Fsp3) is 0.190. The maximum atomic E-state index is 12.5. The van der Waals surface area contributed by atoms with E-state index in [0.29, 0.717) is 23.4 Å². The summed E-state index contributed by atoms with van der Waals surface area (Å²) in [4.78, 5) is 12.5. The van der Waals surface area contributed by atoms with E-state index < -0.39 is 0 Å². The Morgan fingerprint density at radius 3 is 2.68 bits per heavy atom. The van der Waals surface area contributed by atoms with E-state index in [9.17, 15) is 4.79 Å². The number of carbonyl (C=O) groups is 1. The molecule has 0 bridgehead atoms. The molecule has 1 amide bonds. The number of amides is 1. The van der Waals surface area contributed by atoms with Gasteiger partial charge in [0.25, 0.3) is 5.91 Å². The second-order valence-electron chi connectivity index (χ2n) is 6.47. The Morgan fingerprint density at radius 1 is 1.21 bits per heavy atom. The van der Waals surface area contributed by atoms with Crippen molar-refractivity contribution >= 4 is 11.6 Å². The fourth-order valence-corrected chi connectivity index (χ4v) is 3.03. The first-order valence-corrected chi connectivity index (χ1v) is 9.02. The van der Waals surface area contributed by atoms with Gasteiger partial charge in [-0.05, 0) is 42.0 Å². The molecule has 1 fully saturated rings. The predicted molar refractivity (Wildman–Crippen MR) is 104 cm³/mol. The van der Waals surface area contributed by atoms with Gasteiger partial charge in [-0.3, -0.25) is 4.79 Å². The number of carbonyl (C=O) groups excluding carboxylic acids is 1. The van der Waals surface area contributed by atoms with Crippen molar-refractivity contribution < 1.29 is 9.53 Å². The van der Waals surface area contributed by atoms with Crippen molar-refractivity contribution in [2.24, 2.45) is 0 Å². The van der Waals surface area contributed by atoms with Crippen molar-refractivity contribution in [3.05, 3.63) is 77.6 Å². The topological polar surface area (TPSA) is 92.0 Å². The SMILES string of the molecule is N#Cc1ccc(-n2cc(C(=O)Nc3ccc(C4CNCCO4)cc3)cn2)cc1.